The highest BCUT2D eigenvalue weighted by Gasteiger charge is 2.19. The second kappa shape index (κ2) is 9.54. The van der Waals surface area contributed by atoms with E-state index >= 15 is 0 Å². The zero-order valence-electron chi connectivity index (χ0n) is 16.6. The summed E-state index contributed by atoms with van der Waals surface area (Å²) in [4.78, 5) is 11.3. The van der Waals surface area contributed by atoms with Crippen molar-refractivity contribution in [3.63, 3.8) is 0 Å². The smallest absolute Gasteiger partial charge is 0.234 e. The minimum Gasteiger partial charge on any atom is -0.497 e. The summed E-state index contributed by atoms with van der Waals surface area (Å²) in [7, 11) is 3.26. The van der Waals surface area contributed by atoms with Gasteiger partial charge in [-0.3, -0.25) is 0 Å². The number of hydrogen-bond acceptors (Lipinski definition) is 6. The predicted octanol–water partition coefficient (Wildman–Crippen LogP) is 3.22. The van der Waals surface area contributed by atoms with Gasteiger partial charge >= 0.3 is 0 Å². The van der Waals surface area contributed by atoms with Crippen LogP contribution in [-0.2, 0) is 6.54 Å². The van der Waals surface area contributed by atoms with Crippen LogP contribution in [0.15, 0.2) is 30.3 Å². The maximum absolute atomic E-state index is 5.40. The van der Waals surface area contributed by atoms with Crippen molar-refractivity contribution >= 4 is 29.1 Å². The Morgan fingerprint density at radius 1 is 1.21 bits per heavy atom. The minimum absolute atomic E-state index is 0.430. The second-order valence-electron chi connectivity index (χ2n) is 6.94. The molecule has 28 heavy (non-hydrogen) atoms. The monoisotopic (exact) mass is 401 g/mol. The van der Waals surface area contributed by atoms with E-state index in [0.29, 0.717) is 29.4 Å². The zero-order chi connectivity index (χ0) is 19.9. The van der Waals surface area contributed by atoms with Crippen molar-refractivity contribution in [2.75, 3.05) is 37.5 Å². The summed E-state index contributed by atoms with van der Waals surface area (Å²) in [6.45, 7) is 4.84. The van der Waals surface area contributed by atoms with Gasteiger partial charge in [-0.1, -0.05) is 19.1 Å². The molecule has 0 radical (unpaired) electrons. The van der Waals surface area contributed by atoms with E-state index in [1.54, 1.807) is 14.2 Å². The number of rotatable bonds is 6. The molecule has 8 heteroatoms. The molecule has 1 aromatic carbocycles. The van der Waals surface area contributed by atoms with Gasteiger partial charge in [-0.05, 0) is 48.7 Å². The van der Waals surface area contributed by atoms with Crippen LogP contribution in [0, 0.1) is 5.92 Å². The van der Waals surface area contributed by atoms with Gasteiger partial charge < -0.3 is 25.0 Å². The fourth-order valence-corrected chi connectivity index (χ4v) is 3.37. The van der Waals surface area contributed by atoms with E-state index in [4.69, 9.17) is 21.7 Å². The average molecular weight is 402 g/mol. The summed E-state index contributed by atoms with van der Waals surface area (Å²) in [5, 5.41) is 6.70. The van der Waals surface area contributed by atoms with Crippen molar-refractivity contribution in [3.05, 3.63) is 35.9 Å². The highest BCUT2D eigenvalue weighted by atomic mass is 32.1. The molecular formula is C20H27N5O2S. The molecule has 2 aromatic rings. The summed E-state index contributed by atoms with van der Waals surface area (Å²) in [5.41, 5.74) is 1.10. The topological polar surface area (TPSA) is 71.5 Å². The van der Waals surface area contributed by atoms with Crippen molar-refractivity contribution < 1.29 is 9.47 Å². The van der Waals surface area contributed by atoms with Gasteiger partial charge in [-0.25, -0.2) is 0 Å². The molecule has 2 heterocycles. The normalized spacial score (nSPS) is 16.4. The predicted molar refractivity (Wildman–Crippen MR) is 115 cm³/mol. The van der Waals surface area contributed by atoms with Crippen LogP contribution < -0.4 is 25.0 Å². The Morgan fingerprint density at radius 2 is 2.00 bits per heavy atom. The van der Waals surface area contributed by atoms with Crippen molar-refractivity contribution in [2.45, 2.75) is 26.3 Å². The molecule has 0 saturated carbocycles. The lowest BCUT2D eigenvalue weighted by molar-refractivity contribution is 0.396. The number of thiocarbonyl (C=S) groups is 1. The van der Waals surface area contributed by atoms with E-state index in [9.17, 15) is 0 Å². The third-order valence-electron chi connectivity index (χ3n) is 4.72. The molecule has 1 fully saturated rings. The Morgan fingerprint density at radius 3 is 2.68 bits per heavy atom. The Hall–Kier alpha value is -2.61. The quantitative estimate of drug-likeness (QED) is 0.715. The first-order valence-corrected chi connectivity index (χ1v) is 9.84. The zero-order valence-corrected chi connectivity index (χ0v) is 17.4. The number of methoxy groups -OCH3 is 2. The largest absolute Gasteiger partial charge is 0.497 e. The van der Waals surface area contributed by atoms with Gasteiger partial charge in [-0.2, -0.15) is 9.97 Å². The molecule has 1 unspecified atom stereocenters. The summed E-state index contributed by atoms with van der Waals surface area (Å²) < 4.78 is 10.5. The fraction of sp³-hybridized carbons (Fsp3) is 0.450. The van der Waals surface area contributed by atoms with E-state index < -0.39 is 0 Å². The molecule has 0 spiro atoms. The van der Waals surface area contributed by atoms with Gasteiger partial charge in [0.2, 0.25) is 11.8 Å². The number of hydrogen-bond donors (Lipinski definition) is 2. The van der Waals surface area contributed by atoms with E-state index in [-0.39, 0.29) is 0 Å². The summed E-state index contributed by atoms with van der Waals surface area (Å²) in [5.74, 6) is 3.29. The van der Waals surface area contributed by atoms with Crippen LogP contribution in [0.1, 0.15) is 25.3 Å². The van der Waals surface area contributed by atoms with E-state index in [1.807, 2.05) is 30.3 Å². The molecule has 0 aliphatic carbocycles. The molecule has 7 nitrogen and oxygen atoms in total. The lowest BCUT2D eigenvalue weighted by Crippen LogP contribution is -2.35. The second-order valence-corrected chi connectivity index (χ2v) is 7.35. The van der Waals surface area contributed by atoms with E-state index in [0.717, 1.165) is 36.6 Å². The Kier molecular flexibility index (Phi) is 6.86. The van der Waals surface area contributed by atoms with Gasteiger partial charge in [0.15, 0.2) is 5.11 Å². The molecule has 0 bridgehead atoms. The highest BCUT2D eigenvalue weighted by Crippen LogP contribution is 2.25. The SMILES string of the molecule is COc1ccc(CNC(=S)Nc2nc(OC)cc(N3CCCC(C)C3)n2)cc1. The summed E-state index contributed by atoms with van der Waals surface area (Å²) in [6, 6.07) is 9.70. The molecule has 1 saturated heterocycles. The van der Waals surface area contributed by atoms with Gasteiger partial charge in [-0.15, -0.1) is 0 Å². The average Bonchev–Trinajstić information content (AvgIpc) is 2.72. The first-order valence-electron chi connectivity index (χ1n) is 9.43. The summed E-state index contributed by atoms with van der Waals surface area (Å²) in [6.07, 6.45) is 2.42. The van der Waals surface area contributed by atoms with Crippen LogP contribution in [-0.4, -0.2) is 42.4 Å². The van der Waals surface area contributed by atoms with Gasteiger partial charge in [0, 0.05) is 25.7 Å². The molecular weight excluding hydrogens is 374 g/mol. The molecule has 1 aromatic heterocycles. The fourth-order valence-electron chi connectivity index (χ4n) is 3.20. The third-order valence-corrected chi connectivity index (χ3v) is 4.96. The first-order chi connectivity index (χ1) is 13.6. The van der Waals surface area contributed by atoms with E-state index in [1.165, 1.54) is 6.42 Å². The first kappa shape index (κ1) is 20.1. The molecule has 1 aliphatic heterocycles. The number of aromatic nitrogens is 2. The number of nitrogens with one attached hydrogen (secondary N) is 2. The number of nitrogens with zero attached hydrogens (tertiary/aromatic N) is 3. The number of benzene rings is 1. The summed E-state index contributed by atoms with van der Waals surface area (Å²) >= 11 is 5.40. The maximum atomic E-state index is 5.40. The lowest BCUT2D eigenvalue weighted by Gasteiger charge is -2.32. The molecule has 1 atom stereocenters. The van der Waals surface area contributed by atoms with Crippen LogP contribution in [0.25, 0.3) is 0 Å². The van der Waals surface area contributed by atoms with Crippen LogP contribution in [0.3, 0.4) is 0 Å². The van der Waals surface area contributed by atoms with Gasteiger partial charge in [0.05, 0.1) is 14.2 Å². The number of piperidine rings is 1. The lowest BCUT2D eigenvalue weighted by atomic mass is 10.0. The molecule has 1 aliphatic rings. The molecule has 2 N–H and O–H groups in total. The van der Waals surface area contributed by atoms with Crippen LogP contribution in [0.2, 0.25) is 0 Å². The number of anilines is 2. The standard InChI is InChI=1S/C20H27N5O2S/c1-14-5-4-10-25(13-14)17-11-18(27-3)23-19(22-17)24-20(28)21-12-15-6-8-16(26-2)9-7-15/h6-9,11,14H,4-5,10,12-13H2,1-3H3,(H2,21,22,23,24,28). The van der Waals surface area contributed by atoms with Crippen LogP contribution in [0.4, 0.5) is 11.8 Å². The van der Waals surface area contributed by atoms with Gasteiger partial charge in [0.1, 0.15) is 11.6 Å². The maximum Gasteiger partial charge on any atom is 0.234 e. The number of ether oxygens (including phenoxy) is 2. The minimum atomic E-state index is 0.430. The van der Waals surface area contributed by atoms with Crippen molar-refractivity contribution in [2.24, 2.45) is 5.92 Å². The third kappa shape index (κ3) is 5.45. The highest BCUT2D eigenvalue weighted by molar-refractivity contribution is 7.80. The molecule has 150 valence electrons. The van der Waals surface area contributed by atoms with Crippen molar-refractivity contribution in [1.29, 1.82) is 0 Å². The Balaban J connectivity index is 1.63. The van der Waals surface area contributed by atoms with Crippen LogP contribution >= 0.6 is 12.2 Å². The molecule has 0 amide bonds. The molecule has 3 rings (SSSR count). The van der Waals surface area contributed by atoms with Crippen molar-refractivity contribution in [3.8, 4) is 11.6 Å². The van der Waals surface area contributed by atoms with Crippen LogP contribution in [0.5, 0.6) is 11.6 Å². The van der Waals surface area contributed by atoms with Crippen molar-refractivity contribution in [1.82, 2.24) is 15.3 Å². The van der Waals surface area contributed by atoms with Gasteiger partial charge in [0.25, 0.3) is 0 Å². The van der Waals surface area contributed by atoms with E-state index in [2.05, 4.69) is 32.4 Å². The Labute approximate surface area is 171 Å². The Bertz CT molecular complexity index is 800.